The molecule has 4 nitrogen and oxygen atoms in total. The molecule has 4 aromatic rings. The van der Waals surface area contributed by atoms with Crippen molar-refractivity contribution in [1.82, 2.24) is 9.55 Å². The number of hydrogen-bond acceptors (Lipinski definition) is 4. The Hall–Kier alpha value is -2.99. The van der Waals surface area contributed by atoms with Gasteiger partial charge in [0.25, 0.3) is 5.56 Å². The van der Waals surface area contributed by atoms with Gasteiger partial charge in [-0.3, -0.25) is 9.36 Å². The third-order valence-corrected chi connectivity index (χ3v) is 5.72. The zero-order valence-electron chi connectivity index (χ0n) is 15.4. The highest BCUT2D eigenvalue weighted by Crippen LogP contribution is 2.31. The fourth-order valence-electron chi connectivity index (χ4n) is 3.27. The van der Waals surface area contributed by atoms with Crippen LogP contribution in [0.15, 0.2) is 65.5 Å². The predicted octanol–water partition coefficient (Wildman–Crippen LogP) is 4.69. The van der Waals surface area contributed by atoms with Gasteiger partial charge in [-0.25, -0.2) is 9.37 Å². The van der Waals surface area contributed by atoms with Crippen LogP contribution in [0.4, 0.5) is 4.39 Å². The van der Waals surface area contributed by atoms with Crippen LogP contribution in [0.25, 0.3) is 20.7 Å². The second-order valence-electron chi connectivity index (χ2n) is 6.36. The molecule has 2 aromatic heterocycles. The Bertz CT molecular complexity index is 1170. The number of nitrogens with zero attached hydrogens (tertiary/aromatic N) is 2. The molecule has 142 valence electrons. The summed E-state index contributed by atoms with van der Waals surface area (Å²) in [6.45, 7) is -0.634. The Labute approximate surface area is 165 Å². The van der Waals surface area contributed by atoms with Crippen LogP contribution in [0.1, 0.15) is 11.4 Å². The Morgan fingerprint density at radius 2 is 1.86 bits per heavy atom. The SMILES string of the molecule is COc1ccccc1Cc1nc2sc(-c3ccccc3)cc2c(=O)n1CCF. The average molecular weight is 394 g/mol. The lowest BCUT2D eigenvalue weighted by Gasteiger charge is -2.12. The number of para-hydroxylation sites is 1. The molecule has 2 aromatic carbocycles. The van der Waals surface area contributed by atoms with E-state index < -0.39 is 6.67 Å². The molecule has 0 fully saturated rings. The highest BCUT2D eigenvalue weighted by atomic mass is 32.1. The quantitative estimate of drug-likeness (QED) is 0.476. The summed E-state index contributed by atoms with van der Waals surface area (Å²) in [5, 5.41) is 0.529. The lowest BCUT2D eigenvalue weighted by molar-refractivity contribution is 0.408. The zero-order chi connectivity index (χ0) is 19.5. The highest BCUT2D eigenvalue weighted by Gasteiger charge is 2.16. The van der Waals surface area contributed by atoms with Gasteiger partial charge in [0, 0.05) is 16.9 Å². The van der Waals surface area contributed by atoms with Crippen LogP contribution < -0.4 is 10.3 Å². The topological polar surface area (TPSA) is 44.1 Å². The molecule has 0 saturated heterocycles. The molecule has 0 bridgehead atoms. The number of aromatic nitrogens is 2. The lowest BCUT2D eigenvalue weighted by atomic mass is 10.1. The van der Waals surface area contributed by atoms with E-state index in [9.17, 15) is 9.18 Å². The molecular weight excluding hydrogens is 375 g/mol. The molecule has 0 unspecified atom stereocenters. The van der Waals surface area contributed by atoms with Crippen LogP contribution in [-0.4, -0.2) is 23.3 Å². The minimum atomic E-state index is -0.623. The fourth-order valence-corrected chi connectivity index (χ4v) is 4.32. The normalized spacial score (nSPS) is 11.1. The lowest BCUT2D eigenvalue weighted by Crippen LogP contribution is -2.26. The molecular formula is C22H19FN2O2S. The van der Waals surface area contributed by atoms with Crippen molar-refractivity contribution < 1.29 is 9.13 Å². The van der Waals surface area contributed by atoms with Crippen molar-refractivity contribution in [1.29, 1.82) is 0 Å². The summed E-state index contributed by atoms with van der Waals surface area (Å²) in [5.41, 5.74) is 1.74. The van der Waals surface area contributed by atoms with Crippen LogP contribution >= 0.6 is 11.3 Å². The second kappa shape index (κ2) is 7.94. The third kappa shape index (κ3) is 3.43. The van der Waals surface area contributed by atoms with Gasteiger partial charge in [0.1, 0.15) is 23.1 Å². The Morgan fingerprint density at radius 1 is 1.11 bits per heavy atom. The van der Waals surface area contributed by atoms with Gasteiger partial charge in [0.05, 0.1) is 19.0 Å². The fraction of sp³-hybridized carbons (Fsp3) is 0.182. The Morgan fingerprint density at radius 3 is 2.61 bits per heavy atom. The summed E-state index contributed by atoms with van der Waals surface area (Å²) in [4.78, 5) is 19.4. The van der Waals surface area contributed by atoms with Gasteiger partial charge in [-0.1, -0.05) is 48.5 Å². The van der Waals surface area contributed by atoms with E-state index in [1.165, 1.54) is 15.9 Å². The van der Waals surface area contributed by atoms with Gasteiger partial charge >= 0.3 is 0 Å². The van der Waals surface area contributed by atoms with Crippen molar-refractivity contribution in [3.63, 3.8) is 0 Å². The molecule has 28 heavy (non-hydrogen) atoms. The van der Waals surface area contributed by atoms with E-state index in [0.717, 1.165) is 21.8 Å². The Kier molecular flexibility index (Phi) is 5.21. The van der Waals surface area contributed by atoms with E-state index in [1.54, 1.807) is 7.11 Å². The van der Waals surface area contributed by atoms with Gasteiger partial charge in [-0.15, -0.1) is 11.3 Å². The maximum atomic E-state index is 13.2. The van der Waals surface area contributed by atoms with Crippen molar-refractivity contribution in [2.24, 2.45) is 0 Å². The number of methoxy groups -OCH3 is 1. The first-order valence-corrected chi connectivity index (χ1v) is 9.79. The summed E-state index contributed by atoms with van der Waals surface area (Å²) in [5.74, 6) is 1.26. The van der Waals surface area contributed by atoms with E-state index in [1.807, 2.05) is 60.7 Å². The maximum Gasteiger partial charge on any atom is 0.262 e. The molecule has 6 heteroatoms. The summed E-state index contributed by atoms with van der Waals surface area (Å²) in [6, 6.07) is 19.3. The first kappa shape index (κ1) is 18.4. The summed E-state index contributed by atoms with van der Waals surface area (Å²) >= 11 is 1.48. The van der Waals surface area contributed by atoms with Gasteiger partial charge < -0.3 is 4.74 Å². The van der Waals surface area contributed by atoms with Crippen LogP contribution in [0.2, 0.25) is 0 Å². The van der Waals surface area contributed by atoms with Crippen molar-refractivity contribution in [2.75, 3.05) is 13.8 Å². The summed E-state index contributed by atoms with van der Waals surface area (Å²) < 4.78 is 20.0. The van der Waals surface area contributed by atoms with Crippen LogP contribution in [0.5, 0.6) is 5.75 Å². The molecule has 0 atom stereocenters. The van der Waals surface area contributed by atoms with Gasteiger partial charge in [0.2, 0.25) is 0 Å². The predicted molar refractivity (Wildman–Crippen MR) is 111 cm³/mol. The standard InChI is InChI=1S/C22H19FN2O2S/c1-27-18-10-6-5-9-16(18)13-20-24-21-17(22(26)25(20)12-11-23)14-19(28-21)15-7-3-2-4-8-15/h2-10,14H,11-13H2,1H3. The molecule has 0 aliphatic heterocycles. The Balaban J connectivity index is 1.85. The van der Waals surface area contributed by atoms with Gasteiger partial charge in [-0.05, 0) is 17.7 Å². The van der Waals surface area contributed by atoms with E-state index in [0.29, 0.717) is 22.5 Å². The van der Waals surface area contributed by atoms with E-state index in [2.05, 4.69) is 0 Å². The van der Waals surface area contributed by atoms with Crippen LogP contribution in [0, 0.1) is 0 Å². The number of halogens is 1. The number of benzene rings is 2. The summed E-state index contributed by atoms with van der Waals surface area (Å²) in [6.07, 6.45) is 0.397. The summed E-state index contributed by atoms with van der Waals surface area (Å²) in [7, 11) is 1.61. The largest absolute Gasteiger partial charge is 0.496 e. The number of rotatable bonds is 6. The van der Waals surface area contributed by atoms with Gasteiger partial charge in [0.15, 0.2) is 0 Å². The second-order valence-corrected chi connectivity index (χ2v) is 7.39. The van der Waals surface area contributed by atoms with Crippen molar-refractivity contribution in [2.45, 2.75) is 13.0 Å². The maximum absolute atomic E-state index is 13.2. The molecule has 0 aliphatic carbocycles. The number of alkyl halides is 1. The van der Waals surface area contributed by atoms with Crippen LogP contribution in [0.3, 0.4) is 0 Å². The number of hydrogen-bond donors (Lipinski definition) is 0. The molecule has 2 heterocycles. The molecule has 0 spiro atoms. The highest BCUT2D eigenvalue weighted by molar-refractivity contribution is 7.21. The third-order valence-electron chi connectivity index (χ3n) is 4.64. The first-order valence-electron chi connectivity index (χ1n) is 8.98. The molecule has 4 rings (SSSR count). The zero-order valence-corrected chi connectivity index (χ0v) is 16.2. The number of thiophene rings is 1. The van der Waals surface area contributed by atoms with Crippen LogP contribution in [-0.2, 0) is 13.0 Å². The monoisotopic (exact) mass is 394 g/mol. The molecule has 0 radical (unpaired) electrons. The molecule has 0 N–H and O–H groups in total. The van der Waals surface area contributed by atoms with Crippen molar-refractivity contribution >= 4 is 21.6 Å². The average Bonchev–Trinajstić information content (AvgIpc) is 3.16. The number of fused-ring (bicyclic) bond motifs is 1. The van der Waals surface area contributed by atoms with Gasteiger partial charge in [-0.2, -0.15) is 0 Å². The first-order chi connectivity index (χ1) is 13.7. The smallest absolute Gasteiger partial charge is 0.262 e. The van der Waals surface area contributed by atoms with E-state index >= 15 is 0 Å². The number of ether oxygens (including phenoxy) is 1. The minimum Gasteiger partial charge on any atom is -0.496 e. The van der Waals surface area contributed by atoms with E-state index in [-0.39, 0.29) is 12.1 Å². The minimum absolute atomic E-state index is 0.0111. The molecule has 0 saturated carbocycles. The van der Waals surface area contributed by atoms with Crippen molar-refractivity contribution in [3.8, 4) is 16.2 Å². The van der Waals surface area contributed by atoms with E-state index in [4.69, 9.17) is 9.72 Å². The molecule has 0 amide bonds. The molecule has 0 aliphatic rings. The van der Waals surface area contributed by atoms with Crippen molar-refractivity contribution in [3.05, 3.63) is 82.4 Å².